The predicted molar refractivity (Wildman–Crippen MR) is 50.1 cm³/mol. The van der Waals surface area contributed by atoms with E-state index in [4.69, 9.17) is 5.73 Å². The van der Waals surface area contributed by atoms with Crippen LogP contribution in [0.1, 0.15) is 25.5 Å². The van der Waals surface area contributed by atoms with Gasteiger partial charge in [-0.3, -0.25) is 4.68 Å². The highest BCUT2D eigenvalue weighted by molar-refractivity contribution is 5.24. The number of nitrogens with two attached hydrogens (primary N) is 1. The minimum atomic E-state index is 0.324. The molecule has 1 aromatic rings. The van der Waals surface area contributed by atoms with Crippen molar-refractivity contribution in [1.29, 1.82) is 0 Å². The van der Waals surface area contributed by atoms with Gasteiger partial charge in [0.25, 0.3) is 0 Å². The Balaban J connectivity index is 2.26. The van der Waals surface area contributed by atoms with Gasteiger partial charge in [0.2, 0.25) is 0 Å². The average Bonchev–Trinajstić information content (AvgIpc) is 2.41. The van der Waals surface area contributed by atoms with E-state index in [1.54, 1.807) is 0 Å². The summed E-state index contributed by atoms with van der Waals surface area (Å²) in [5.74, 6) is 1.13. The van der Waals surface area contributed by atoms with Gasteiger partial charge in [0.15, 0.2) is 0 Å². The number of hydrogen-bond acceptors (Lipinski definition) is 3. The molecule has 2 unspecified atom stereocenters. The minimum absolute atomic E-state index is 0.324. The third kappa shape index (κ3) is 1.09. The predicted octanol–water partition coefficient (Wildman–Crippen LogP) is 0.513. The van der Waals surface area contributed by atoms with Crippen molar-refractivity contribution < 1.29 is 0 Å². The fourth-order valence-electron chi connectivity index (χ4n) is 2.35. The van der Waals surface area contributed by atoms with Gasteiger partial charge in [-0.25, -0.2) is 0 Å². The maximum Gasteiger partial charge on any atom is 0.0728 e. The van der Waals surface area contributed by atoms with Crippen molar-refractivity contribution in [1.82, 2.24) is 15.0 Å². The monoisotopic (exact) mass is 180 g/mol. The van der Waals surface area contributed by atoms with Gasteiger partial charge in [-0.1, -0.05) is 19.1 Å². The summed E-state index contributed by atoms with van der Waals surface area (Å²) in [4.78, 5) is 0. The van der Waals surface area contributed by atoms with E-state index in [-0.39, 0.29) is 0 Å². The SMILES string of the molecule is Cn1nncc1C1C(CN)C1(C)C. The molecule has 1 aliphatic rings. The van der Waals surface area contributed by atoms with Crippen LogP contribution in [0.4, 0.5) is 0 Å². The van der Waals surface area contributed by atoms with Crippen LogP contribution in [0.15, 0.2) is 6.20 Å². The Labute approximate surface area is 78.1 Å². The highest BCUT2D eigenvalue weighted by Gasteiger charge is 2.58. The van der Waals surface area contributed by atoms with Crippen molar-refractivity contribution >= 4 is 0 Å². The molecule has 72 valence electrons. The molecule has 0 aliphatic heterocycles. The molecular formula is C9H16N4. The summed E-state index contributed by atoms with van der Waals surface area (Å²) in [6.45, 7) is 5.26. The Morgan fingerprint density at radius 2 is 2.31 bits per heavy atom. The molecule has 0 saturated heterocycles. The number of hydrogen-bond donors (Lipinski definition) is 1. The smallest absolute Gasteiger partial charge is 0.0728 e. The lowest BCUT2D eigenvalue weighted by Crippen LogP contribution is -2.05. The molecule has 0 bridgehead atoms. The second-order valence-electron chi connectivity index (χ2n) is 4.42. The summed E-state index contributed by atoms with van der Waals surface area (Å²) in [5, 5.41) is 7.83. The zero-order valence-electron chi connectivity index (χ0n) is 8.36. The highest BCUT2D eigenvalue weighted by atomic mass is 15.4. The van der Waals surface area contributed by atoms with E-state index >= 15 is 0 Å². The van der Waals surface area contributed by atoms with Gasteiger partial charge >= 0.3 is 0 Å². The first-order valence-corrected chi connectivity index (χ1v) is 4.63. The van der Waals surface area contributed by atoms with E-state index in [1.165, 1.54) is 5.69 Å². The van der Waals surface area contributed by atoms with E-state index in [0.29, 0.717) is 17.3 Å². The highest BCUT2D eigenvalue weighted by Crippen LogP contribution is 2.63. The molecule has 1 aromatic heterocycles. The number of aromatic nitrogens is 3. The molecule has 0 aromatic carbocycles. The minimum Gasteiger partial charge on any atom is -0.330 e. The zero-order chi connectivity index (χ0) is 9.64. The second-order valence-corrected chi connectivity index (χ2v) is 4.42. The molecule has 0 amide bonds. The Bertz CT molecular complexity index is 315. The molecule has 4 nitrogen and oxygen atoms in total. The molecule has 0 spiro atoms. The van der Waals surface area contributed by atoms with E-state index < -0.39 is 0 Å². The van der Waals surface area contributed by atoms with Gasteiger partial charge in [-0.2, -0.15) is 0 Å². The summed E-state index contributed by atoms with van der Waals surface area (Å²) in [7, 11) is 1.93. The van der Waals surface area contributed by atoms with Crippen LogP contribution in [0.3, 0.4) is 0 Å². The normalized spacial score (nSPS) is 30.5. The van der Waals surface area contributed by atoms with Crippen molar-refractivity contribution in [2.24, 2.45) is 24.1 Å². The van der Waals surface area contributed by atoms with Crippen LogP contribution in [0.2, 0.25) is 0 Å². The van der Waals surface area contributed by atoms with Crippen LogP contribution in [0.5, 0.6) is 0 Å². The largest absolute Gasteiger partial charge is 0.330 e. The maximum absolute atomic E-state index is 5.71. The molecule has 2 atom stereocenters. The first-order valence-electron chi connectivity index (χ1n) is 4.63. The molecule has 1 aliphatic carbocycles. The van der Waals surface area contributed by atoms with Gasteiger partial charge < -0.3 is 5.73 Å². The van der Waals surface area contributed by atoms with Crippen LogP contribution in [0.25, 0.3) is 0 Å². The maximum atomic E-state index is 5.71. The summed E-state index contributed by atoms with van der Waals surface area (Å²) in [6, 6.07) is 0. The summed E-state index contributed by atoms with van der Waals surface area (Å²) >= 11 is 0. The molecule has 4 heteroatoms. The molecule has 2 rings (SSSR count). The van der Waals surface area contributed by atoms with Gasteiger partial charge in [0.1, 0.15) is 0 Å². The second kappa shape index (κ2) is 2.54. The number of aryl methyl sites for hydroxylation is 1. The molecule has 0 radical (unpaired) electrons. The van der Waals surface area contributed by atoms with Gasteiger partial charge in [0, 0.05) is 13.0 Å². The van der Waals surface area contributed by atoms with Crippen molar-refractivity contribution in [2.75, 3.05) is 6.54 Å². The average molecular weight is 180 g/mol. The first-order chi connectivity index (χ1) is 6.09. The Hall–Kier alpha value is -0.900. The standard InChI is InChI=1S/C9H16N4/c1-9(2)6(4-10)8(9)7-5-11-12-13(7)3/h5-6,8H,4,10H2,1-3H3. The third-order valence-electron chi connectivity index (χ3n) is 3.37. The summed E-state index contributed by atoms with van der Waals surface area (Å²) in [5.41, 5.74) is 7.24. The first kappa shape index (κ1) is 8.69. The van der Waals surface area contributed by atoms with Gasteiger partial charge in [-0.05, 0) is 17.9 Å². The van der Waals surface area contributed by atoms with Crippen molar-refractivity contribution in [3.05, 3.63) is 11.9 Å². The quantitative estimate of drug-likeness (QED) is 0.721. The summed E-state index contributed by atoms with van der Waals surface area (Å²) in [6.07, 6.45) is 1.85. The fourth-order valence-corrected chi connectivity index (χ4v) is 2.35. The van der Waals surface area contributed by atoms with Crippen LogP contribution < -0.4 is 5.73 Å². The lowest BCUT2D eigenvalue weighted by molar-refractivity contribution is 0.552. The van der Waals surface area contributed by atoms with E-state index in [0.717, 1.165) is 6.54 Å². The van der Waals surface area contributed by atoms with Crippen LogP contribution in [-0.4, -0.2) is 21.5 Å². The van der Waals surface area contributed by atoms with Crippen molar-refractivity contribution in [3.8, 4) is 0 Å². The molecule has 13 heavy (non-hydrogen) atoms. The Morgan fingerprint density at radius 3 is 2.69 bits per heavy atom. The molecule has 1 fully saturated rings. The van der Waals surface area contributed by atoms with Crippen molar-refractivity contribution in [3.63, 3.8) is 0 Å². The third-order valence-corrected chi connectivity index (χ3v) is 3.37. The fraction of sp³-hybridized carbons (Fsp3) is 0.778. The topological polar surface area (TPSA) is 56.7 Å². The van der Waals surface area contributed by atoms with E-state index in [1.807, 2.05) is 17.9 Å². The molecule has 1 heterocycles. The van der Waals surface area contributed by atoms with Gasteiger partial charge in [-0.15, -0.1) is 5.10 Å². The van der Waals surface area contributed by atoms with Crippen LogP contribution in [-0.2, 0) is 7.05 Å². The Morgan fingerprint density at radius 1 is 1.62 bits per heavy atom. The lowest BCUT2D eigenvalue weighted by Gasteiger charge is -2.01. The number of rotatable bonds is 2. The van der Waals surface area contributed by atoms with E-state index in [2.05, 4.69) is 24.2 Å². The van der Waals surface area contributed by atoms with Gasteiger partial charge in [0.05, 0.1) is 11.9 Å². The van der Waals surface area contributed by atoms with Crippen molar-refractivity contribution in [2.45, 2.75) is 19.8 Å². The van der Waals surface area contributed by atoms with Crippen LogP contribution in [0, 0.1) is 11.3 Å². The lowest BCUT2D eigenvalue weighted by atomic mass is 10.1. The summed E-state index contributed by atoms with van der Waals surface area (Å²) < 4.78 is 1.85. The number of nitrogens with zero attached hydrogens (tertiary/aromatic N) is 3. The van der Waals surface area contributed by atoms with E-state index in [9.17, 15) is 0 Å². The Kier molecular flexibility index (Phi) is 1.70. The zero-order valence-corrected chi connectivity index (χ0v) is 8.36. The molecular weight excluding hydrogens is 164 g/mol. The molecule has 1 saturated carbocycles. The molecule has 2 N–H and O–H groups in total. The van der Waals surface area contributed by atoms with Crippen LogP contribution >= 0.6 is 0 Å².